The number of para-hydroxylation sites is 1. The highest BCUT2D eigenvalue weighted by molar-refractivity contribution is 5.46. The van der Waals surface area contributed by atoms with Gasteiger partial charge in [-0.05, 0) is 42.2 Å². The van der Waals surface area contributed by atoms with E-state index in [9.17, 15) is 0 Å². The largest absolute Gasteiger partial charge is 0.371 e. The summed E-state index contributed by atoms with van der Waals surface area (Å²) in [6.45, 7) is 4.19. The first-order valence-electron chi connectivity index (χ1n) is 7.85. The van der Waals surface area contributed by atoms with E-state index in [1.165, 1.54) is 17.7 Å². The molecule has 0 amide bonds. The molecular formula is C19H21N3. The Kier molecular flexibility index (Phi) is 4.72. The van der Waals surface area contributed by atoms with E-state index in [0.717, 1.165) is 31.7 Å². The second-order valence-electron chi connectivity index (χ2n) is 5.88. The summed E-state index contributed by atoms with van der Waals surface area (Å²) in [6, 6.07) is 20.6. The van der Waals surface area contributed by atoms with Gasteiger partial charge in [-0.25, -0.2) is 0 Å². The molecule has 0 spiro atoms. The molecular weight excluding hydrogens is 270 g/mol. The van der Waals surface area contributed by atoms with Gasteiger partial charge in [0, 0.05) is 31.9 Å². The van der Waals surface area contributed by atoms with Crippen molar-refractivity contribution in [2.75, 3.05) is 24.5 Å². The molecule has 0 bridgehead atoms. The second-order valence-corrected chi connectivity index (χ2v) is 5.88. The van der Waals surface area contributed by atoms with Crippen LogP contribution in [0.3, 0.4) is 0 Å². The lowest BCUT2D eigenvalue weighted by atomic mass is 10.1. The summed E-state index contributed by atoms with van der Waals surface area (Å²) < 4.78 is 0. The highest BCUT2D eigenvalue weighted by atomic mass is 15.2. The van der Waals surface area contributed by atoms with Crippen molar-refractivity contribution in [3.8, 4) is 6.07 Å². The quantitative estimate of drug-likeness (QED) is 0.919. The number of nitrogens with one attached hydrogen (secondary N) is 1. The number of anilines is 1. The maximum atomic E-state index is 8.80. The van der Waals surface area contributed by atoms with E-state index in [0.29, 0.717) is 5.92 Å². The van der Waals surface area contributed by atoms with Crippen molar-refractivity contribution in [2.24, 2.45) is 5.92 Å². The van der Waals surface area contributed by atoms with Crippen LogP contribution in [0.5, 0.6) is 0 Å². The Morgan fingerprint density at radius 3 is 2.59 bits per heavy atom. The van der Waals surface area contributed by atoms with E-state index in [4.69, 9.17) is 5.26 Å². The van der Waals surface area contributed by atoms with Crippen molar-refractivity contribution in [1.29, 1.82) is 5.26 Å². The van der Waals surface area contributed by atoms with Crippen LogP contribution in [0.4, 0.5) is 5.69 Å². The summed E-state index contributed by atoms with van der Waals surface area (Å²) in [5.41, 5.74) is 3.28. The lowest BCUT2D eigenvalue weighted by Crippen LogP contribution is -2.26. The SMILES string of the molecule is N#Cc1ccc(CNCC2CCN(c3ccccc3)C2)cc1. The van der Waals surface area contributed by atoms with Gasteiger partial charge in [-0.3, -0.25) is 0 Å². The molecule has 22 heavy (non-hydrogen) atoms. The zero-order valence-electron chi connectivity index (χ0n) is 12.7. The predicted octanol–water partition coefficient (Wildman–Crippen LogP) is 3.17. The van der Waals surface area contributed by atoms with Crippen molar-refractivity contribution in [2.45, 2.75) is 13.0 Å². The van der Waals surface area contributed by atoms with Crippen LogP contribution in [0.25, 0.3) is 0 Å². The predicted molar refractivity (Wildman–Crippen MR) is 89.6 cm³/mol. The zero-order valence-corrected chi connectivity index (χ0v) is 12.7. The van der Waals surface area contributed by atoms with E-state index >= 15 is 0 Å². The lowest BCUT2D eigenvalue weighted by molar-refractivity contribution is 0.516. The molecule has 2 aromatic carbocycles. The third-order valence-electron chi connectivity index (χ3n) is 4.25. The minimum Gasteiger partial charge on any atom is -0.371 e. The molecule has 2 aromatic rings. The maximum Gasteiger partial charge on any atom is 0.0991 e. The molecule has 1 saturated heterocycles. The minimum atomic E-state index is 0.707. The number of hydrogen-bond donors (Lipinski definition) is 1. The fourth-order valence-electron chi connectivity index (χ4n) is 2.99. The summed E-state index contributed by atoms with van der Waals surface area (Å²) >= 11 is 0. The summed E-state index contributed by atoms with van der Waals surface area (Å²) in [5.74, 6) is 0.707. The highest BCUT2D eigenvalue weighted by Gasteiger charge is 2.21. The van der Waals surface area contributed by atoms with Crippen molar-refractivity contribution < 1.29 is 0 Å². The molecule has 0 saturated carbocycles. The first-order chi connectivity index (χ1) is 10.8. The van der Waals surface area contributed by atoms with Gasteiger partial charge in [0.2, 0.25) is 0 Å². The Hall–Kier alpha value is -2.31. The van der Waals surface area contributed by atoms with Gasteiger partial charge in [-0.2, -0.15) is 5.26 Å². The summed E-state index contributed by atoms with van der Waals surface area (Å²) in [4.78, 5) is 2.47. The van der Waals surface area contributed by atoms with Crippen molar-refractivity contribution >= 4 is 5.69 Å². The highest BCUT2D eigenvalue weighted by Crippen LogP contribution is 2.22. The molecule has 0 radical (unpaired) electrons. The number of hydrogen-bond acceptors (Lipinski definition) is 3. The smallest absolute Gasteiger partial charge is 0.0991 e. The summed E-state index contributed by atoms with van der Waals surface area (Å²) in [7, 11) is 0. The fourth-order valence-corrected chi connectivity index (χ4v) is 2.99. The molecule has 0 aromatic heterocycles. The number of nitriles is 1. The molecule has 3 rings (SSSR count). The maximum absolute atomic E-state index is 8.80. The lowest BCUT2D eigenvalue weighted by Gasteiger charge is -2.18. The van der Waals surface area contributed by atoms with Crippen LogP contribution >= 0.6 is 0 Å². The van der Waals surface area contributed by atoms with Gasteiger partial charge in [-0.15, -0.1) is 0 Å². The van der Waals surface area contributed by atoms with Crippen LogP contribution in [0, 0.1) is 17.2 Å². The normalized spacial score (nSPS) is 17.4. The van der Waals surface area contributed by atoms with Gasteiger partial charge in [0.25, 0.3) is 0 Å². The average Bonchev–Trinajstić information content (AvgIpc) is 3.05. The van der Waals surface area contributed by atoms with Gasteiger partial charge in [0.1, 0.15) is 0 Å². The molecule has 1 heterocycles. The Labute approximate surface area is 132 Å². The van der Waals surface area contributed by atoms with E-state index in [1.54, 1.807) is 0 Å². The molecule has 1 aliphatic heterocycles. The van der Waals surface area contributed by atoms with Crippen LogP contribution in [-0.2, 0) is 6.54 Å². The molecule has 1 atom stereocenters. The zero-order chi connectivity index (χ0) is 15.2. The molecule has 1 fully saturated rings. The van der Waals surface area contributed by atoms with E-state index in [2.05, 4.69) is 46.6 Å². The van der Waals surface area contributed by atoms with Crippen LogP contribution in [-0.4, -0.2) is 19.6 Å². The van der Waals surface area contributed by atoms with Gasteiger partial charge < -0.3 is 10.2 Å². The molecule has 3 heteroatoms. The molecule has 3 nitrogen and oxygen atoms in total. The topological polar surface area (TPSA) is 39.1 Å². The minimum absolute atomic E-state index is 0.707. The molecule has 112 valence electrons. The standard InChI is InChI=1S/C19H21N3/c20-12-16-6-8-17(9-7-16)13-21-14-18-10-11-22(15-18)19-4-2-1-3-5-19/h1-9,18,21H,10-11,13-15H2. The van der Waals surface area contributed by atoms with Crippen LogP contribution < -0.4 is 10.2 Å². The van der Waals surface area contributed by atoms with Crippen molar-refractivity contribution in [1.82, 2.24) is 5.32 Å². The number of rotatable bonds is 5. The van der Waals surface area contributed by atoms with E-state index in [-0.39, 0.29) is 0 Å². The first kappa shape index (κ1) is 14.6. The van der Waals surface area contributed by atoms with E-state index < -0.39 is 0 Å². The first-order valence-corrected chi connectivity index (χ1v) is 7.85. The molecule has 1 aliphatic rings. The third-order valence-corrected chi connectivity index (χ3v) is 4.25. The van der Waals surface area contributed by atoms with Crippen LogP contribution in [0.1, 0.15) is 17.5 Å². The third kappa shape index (κ3) is 3.66. The Bertz CT molecular complexity index is 628. The van der Waals surface area contributed by atoms with Crippen LogP contribution in [0.2, 0.25) is 0 Å². The van der Waals surface area contributed by atoms with E-state index in [1.807, 2.05) is 24.3 Å². The van der Waals surface area contributed by atoms with Crippen molar-refractivity contribution in [3.05, 3.63) is 65.7 Å². The van der Waals surface area contributed by atoms with Gasteiger partial charge >= 0.3 is 0 Å². The Morgan fingerprint density at radius 2 is 1.86 bits per heavy atom. The fraction of sp³-hybridized carbons (Fsp3) is 0.316. The van der Waals surface area contributed by atoms with Gasteiger partial charge in [0.15, 0.2) is 0 Å². The average molecular weight is 291 g/mol. The number of benzene rings is 2. The Morgan fingerprint density at radius 1 is 1.09 bits per heavy atom. The molecule has 1 N–H and O–H groups in total. The van der Waals surface area contributed by atoms with Crippen molar-refractivity contribution in [3.63, 3.8) is 0 Å². The second kappa shape index (κ2) is 7.11. The molecule has 1 unspecified atom stereocenters. The summed E-state index contributed by atoms with van der Waals surface area (Å²) in [5, 5.41) is 12.3. The van der Waals surface area contributed by atoms with Gasteiger partial charge in [-0.1, -0.05) is 30.3 Å². The molecule has 0 aliphatic carbocycles. The van der Waals surface area contributed by atoms with Crippen LogP contribution in [0.15, 0.2) is 54.6 Å². The monoisotopic (exact) mass is 291 g/mol. The summed E-state index contributed by atoms with van der Waals surface area (Å²) in [6.07, 6.45) is 1.25. The Balaban J connectivity index is 1.44. The number of nitrogens with zero attached hydrogens (tertiary/aromatic N) is 2. The van der Waals surface area contributed by atoms with Gasteiger partial charge in [0.05, 0.1) is 11.6 Å².